The third-order valence-corrected chi connectivity index (χ3v) is 3.91. The van der Waals surface area contributed by atoms with Crippen LogP contribution in [0.2, 0.25) is 0 Å². The van der Waals surface area contributed by atoms with Gasteiger partial charge in [-0.2, -0.15) is 0 Å². The Hall–Kier alpha value is -1.59. The zero-order chi connectivity index (χ0) is 14.4. The summed E-state index contributed by atoms with van der Waals surface area (Å²) in [4.78, 5) is 2.42. The van der Waals surface area contributed by atoms with Crippen molar-refractivity contribution in [1.29, 1.82) is 0 Å². The number of hydrogen-bond donors (Lipinski definition) is 3. The number of nitrogens with zero attached hydrogens (tertiary/aromatic N) is 2. The maximum atomic E-state index is 9.02. The summed E-state index contributed by atoms with van der Waals surface area (Å²) >= 11 is 0. The Morgan fingerprint density at radius 2 is 2.20 bits per heavy atom. The quantitative estimate of drug-likeness (QED) is 0.305. The Bertz CT molecular complexity index is 458. The fourth-order valence-electron chi connectivity index (χ4n) is 2.54. The Kier molecular flexibility index (Phi) is 5.38. The third-order valence-electron chi connectivity index (χ3n) is 3.91. The highest BCUT2D eigenvalue weighted by Gasteiger charge is 2.24. The predicted molar refractivity (Wildman–Crippen MR) is 78.7 cm³/mol. The van der Waals surface area contributed by atoms with Gasteiger partial charge in [0.25, 0.3) is 0 Å². The molecule has 0 atom stereocenters. The van der Waals surface area contributed by atoms with Crippen LogP contribution < -0.4 is 5.73 Å². The zero-order valence-corrected chi connectivity index (χ0v) is 11.7. The van der Waals surface area contributed by atoms with Crippen molar-refractivity contribution in [2.75, 3.05) is 13.2 Å². The average Bonchev–Trinajstić information content (AvgIpc) is 2.42. The van der Waals surface area contributed by atoms with Crippen LogP contribution in [-0.2, 0) is 6.54 Å². The molecule has 0 aromatic heterocycles. The van der Waals surface area contributed by atoms with Crippen LogP contribution in [0.3, 0.4) is 0 Å². The SMILES string of the molecule is N/C(=N/O)c1cccc(CN(CCCO)C2CCC2)c1. The Labute approximate surface area is 119 Å². The number of aliphatic hydroxyl groups is 1. The lowest BCUT2D eigenvalue weighted by Crippen LogP contribution is -2.40. The number of oxime groups is 1. The van der Waals surface area contributed by atoms with Gasteiger partial charge in [0.15, 0.2) is 5.84 Å². The molecule has 0 spiro atoms. The first-order valence-electron chi connectivity index (χ1n) is 7.16. The molecule has 1 saturated carbocycles. The molecule has 0 amide bonds. The first kappa shape index (κ1) is 14.8. The van der Waals surface area contributed by atoms with Crippen molar-refractivity contribution in [2.24, 2.45) is 10.9 Å². The molecule has 0 bridgehead atoms. The lowest BCUT2D eigenvalue weighted by molar-refractivity contribution is 0.109. The van der Waals surface area contributed by atoms with Gasteiger partial charge in [-0.05, 0) is 30.9 Å². The Morgan fingerprint density at radius 1 is 1.40 bits per heavy atom. The minimum atomic E-state index is 0.136. The molecule has 0 radical (unpaired) electrons. The van der Waals surface area contributed by atoms with Crippen molar-refractivity contribution >= 4 is 5.84 Å². The molecular formula is C15H23N3O2. The van der Waals surface area contributed by atoms with Crippen LogP contribution in [0.1, 0.15) is 36.8 Å². The maximum Gasteiger partial charge on any atom is 0.170 e. The largest absolute Gasteiger partial charge is 0.409 e. The van der Waals surface area contributed by atoms with E-state index in [0.717, 1.165) is 30.6 Å². The number of amidine groups is 1. The molecule has 2 rings (SSSR count). The Balaban J connectivity index is 2.05. The van der Waals surface area contributed by atoms with Gasteiger partial charge in [-0.1, -0.05) is 29.8 Å². The normalized spacial score (nSPS) is 16.4. The first-order valence-corrected chi connectivity index (χ1v) is 7.16. The third kappa shape index (κ3) is 3.71. The number of benzene rings is 1. The molecule has 20 heavy (non-hydrogen) atoms. The second kappa shape index (κ2) is 7.26. The van der Waals surface area contributed by atoms with Gasteiger partial charge >= 0.3 is 0 Å². The minimum absolute atomic E-state index is 0.136. The van der Waals surface area contributed by atoms with Crippen LogP contribution in [-0.4, -0.2) is 40.2 Å². The highest BCUT2D eigenvalue weighted by molar-refractivity contribution is 5.97. The van der Waals surface area contributed by atoms with Crippen LogP contribution in [0.25, 0.3) is 0 Å². The molecule has 110 valence electrons. The summed E-state index contributed by atoms with van der Waals surface area (Å²) < 4.78 is 0. The van der Waals surface area contributed by atoms with E-state index in [1.54, 1.807) is 0 Å². The summed E-state index contributed by atoms with van der Waals surface area (Å²) in [5.41, 5.74) is 7.51. The van der Waals surface area contributed by atoms with Gasteiger partial charge in [-0.15, -0.1) is 0 Å². The minimum Gasteiger partial charge on any atom is -0.409 e. The van der Waals surface area contributed by atoms with E-state index in [1.165, 1.54) is 19.3 Å². The number of rotatable bonds is 7. The van der Waals surface area contributed by atoms with E-state index in [4.69, 9.17) is 16.0 Å². The van der Waals surface area contributed by atoms with Crippen LogP contribution in [0.4, 0.5) is 0 Å². The number of hydrogen-bond acceptors (Lipinski definition) is 4. The van der Waals surface area contributed by atoms with E-state index in [9.17, 15) is 0 Å². The highest BCUT2D eigenvalue weighted by Crippen LogP contribution is 2.26. The van der Waals surface area contributed by atoms with Crippen molar-refractivity contribution in [3.63, 3.8) is 0 Å². The van der Waals surface area contributed by atoms with Crippen molar-refractivity contribution in [2.45, 2.75) is 38.3 Å². The van der Waals surface area contributed by atoms with Gasteiger partial charge in [0, 0.05) is 31.3 Å². The number of nitrogens with two attached hydrogens (primary N) is 1. The van der Waals surface area contributed by atoms with Gasteiger partial charge < -0.3 is 16.0 Å². The highest BCUT2D eigenvalue weighted by atomic mass is 16.4. The smallest absolute Gasteiger partial charge is 0.170 e. The molecule has 5 nitrogen and oxygen atoms in total. The van der Waals surface area contributed by atoms with Gasteiger partial charge in [0.05, 0.1) is 0 Å². The zero-order valence-electron chi connectivity index (χ0n) is 11.7. The van der Waals surface area contributed by atoms with E-state index in [-0.39, 0.29) is 12.4 Å². The lowest BCUT2D eigenvalue weighted by atomic mass is 9.91. The van der Waals surface area contributed by atoms with E-state index in [2.05, 4.69) is 16.1 Å². The molecule has 0 heterocycles. The summed E-state index contributed by atoms with van der Waals surface area (Å²) in [6, 6.07) is 8.40. The molecule has 5 heteroatoms. The second-order valence-electron chi connectivity index (χ2n) is 5.32. The molecular weight excluding hydrogens is 254 g/mol. The first-order chi connectivity index (χ1) is 9.74. The summed E-state index contributed by atoms with van der Waals surface area (Å²) in [6.07, 6.45) is 4.58. The lowest BCUT2D eigenvalue weighted by Gasteiger charge is -2.37. The molecule has 1 aromatic rings. The topological polar surface area (TPSA) is 82.1 Å². The second-order valence-corrected chi connectivity index (χ2v) is 5.32. The maximum absolute atomic E-state index is 9.02. The van der Waals surface area contributed by atoms with Gasteiger partial charge in [-0.3, -0.25) is 4.90 Å². The summed E-state index contributed by atoms with van der Waals surface area (Å²) in [6.45, 7) is 1.99. The molecule has 1 aliphatic carbocycles. The van der Waals surface area contributed by atoms with Crippen molar-refractivity contribution in [3.05, 3.63) is 35.4 Å². The van der Waals surface area contributed by atoms with Crippen LogP contribution in [0.5, 0.6) is 0 Å². The van der Waals surface area contributed by atoms with Crippen LogP contribution in [0.15, 0.2) is 29.4 Å². The van der Waals surface area contributed by atoms with E-state index >= 15 is 0 Å². The predicted octanol–water partition coefficient (Wildman–Crippen LogP) is 1.52. The van der Waals surface area contributed by atoms with E-state index in [1.807, 2.05) is 18.2 Å². The van der Waals surface area contributed by atoms with Crippen molar-refractivity contribution in [3.8, 4) is 0 Å². The molecule has 1 fully saturated rings. The average molecular weight is 277 g/mol. The molecule has 0 aliphatic heterocycles. The fraction of sp³-hybridized carbons (Fsp3) is 0.533. The number of aliphatic hydroxyl groups excluding tert-OH is 1. The van der Waals surface area contributed by atoms with Gasteiger partial charge in [-0.25, -0.2) is 0 Å². The molecule has 1 aliphatic rings. The Morgan fingerprint density at radius 3 is 2.80 bits per heavy atom. The fourth-order valence-corrected chi connectivity index (χ4v) is 2.54. The van der Waals surface area contributed by atoms with Crippen LogP contribution in [0, 0.1) is 0 Å². The molecule has 4 N–H and O–H groups in total. The standard InChI is InChI=1S/C15H23N3O2/c16-15(17-20)13-5-1-4-12(10-13)11-18(8-3-9-19)14-6-2-7-14/h1,4-5,10,14,19-20H,2-3,6-9,11H2,(H2,16,17). The van der Waals surface area contributed by atoms with Crippen molar-refractivity contribution < 1.29 is 10.3 Å². The molecule has 0 unspecified atom stereocenters. The van der Waals surface area contributed by atoms with E-state index in [0.29, 0.717) is 6.04 Å². The monoisotopic (exact) mass is 277 g/mol. The summed E-state index contributed by atoms with van der Waals surface area (Å²) in [5.74, 6) is 0.136. The summed E-state index contributed by atoms with van der Waals surface area (Å²) in [7, 11) is 0. The van der Waals surface area contributed by atoms with Crippen LogP contribution >= 0.6 is 0 Å². The molecule has 1 aromatic carbocycles. The van der Waals surface area contributed by atoms with Gasteiger partial charge in [0.1, 0.15) is 0 Å². The van der Waals surface area contributed by atoms with E-state index < -0.39 is 0 Å². The van der Waals surface area contributed by atoms with Crippen molar-refractivity contribution in [1.82, 2.24) is 4.90 Å². The molecule has 0 saturated heterocycles. The summed E-state index contributed by atoms with van der Waals surface area (Å²) in [5, 5.41) is 20.8. The van der Waals surface area contributed by atoms with Gasteiger partial charge in [0.2, 0.25) is 0 Å².